The van der Waals surface area contributed by atoms with Gasteiger partial charge in [0.25, 0.3) is 0 Å². The van der Waals surface area contributed by atoms with E-state index in [0.29, 0.717) is 5.92 Å². The Morgan fingerprint density at radius 1 is 1.11 bits per heavy atom. The first-order valence-electron chi connectivity index (χ1n) is 7.24. The predicted molar refractivity (Wildman–Crippen MR) is 77.1 cm³/mol. The molecule has 0 saturated heterocycles. The lowest BCUT2D eigenvalue weighted by molar-refractivity contribution is 0.0614. The Kier molecular flexibility index (Phi) is 4.48. The van der Waals surface area contributed by atoms with E-state index in [9.17, 15) is 10.2 Å². The van der Waals surface area contributed by atoms with E-state index in [2.05, 4.69) is 0 Å². The second-order valence-electron chi connectivity index (χ2n) is 5.91. The highest BCUT2D eigenvalue weighted by molar-refractivity contribution is 5.42. The Morgan fingerprint density at radius 3 is 2.16 bits per heavy atom. The summed E-state index contributed by atoms with van der Waals surface area (Å²) in [5.41, 5.74) is 9.19. The molecule has 1 aromatic carbocycles. The van der Waals surface area contributed by atoms with E-state index in [1.807, 2.05) is 13.8 Å². The van der Waals surface area contributed by atoms with Crippen molar-refractivity contribution in [1.29, 1.82) is 0 Å². The third kappa shape index (κ3) is 3.10. The minimum atomic E-state index is -0.484. The van der Waals surface area contributed by atoms with E-state index in [1.165, 1.54) is 19.3 Å². The smallest absolute Gasteiger partial charge is 0.116 e. The fraction of sp³-hybridized carbons (Fsp3) is 0.625. The van der Waals surface area contributed by atoms with Crippen molar-refractivity contribution in [2.24, 2.45) is 11.7 Å². The molecule has 0 spiro atoms. The maximum absolute atomic E-state index is 10.5. The van der Waals surface area contributed by atoms with Gasteiger partial charge < -0.3 is 15.9 Å². The number of aliphatic hydroxyl groups is 1. The van der Waals surface area contributed by atoms with Crippen LogP contribution in [0.3, 0.4) is 0 Å². The Bertz CT molecular complexity index is 415. The largest absolute Gasteiger partial charge is 0.508 e. The van der Waals surface area contributed by atoms with Crippen LogP contribution in [0.1, 0.15) is 54.8 Å². The molecule has 0 amide bonds. The lowest BCUT2D eigenvalue weighted by atomic mass is 9.80. The van der Waals surface area contributed by atoms with E-state index in [-0.39, 0.29) is 11.8 Å². The van der Waals surface area contributed by atoms with Crippen molar-refractivity contribution in [3.8, 4) is 5.75 Å². The molecule has 0 unspecified atom stereocenters. The van der Waals surface area contributed by atoms with E-state index < -0.39 is 6.10 Å². The van der Waals surface area contributed by atoms with Crippen molar-refractivity contribution in [2.45, 2.75) is 58.1 Å². The van der Waals surface area contributed by atoms with Crippen LogP contribution in [-0.2, 0) is 0 Å². The summed E-state index contributed by atoms with van der Waals surface area (Å²) in [5, 5.41) is 20.1. The number of aliphatic hydroxyl groups excluding tert-OH is 1. The van der Waals surface area contributed by atoms with E-state index in [1.54, 1.807) is 12.1 Å². The molecule has 1 aliphatic carbocycles. The molecule has 3 nitrogen and oxygen atoms in total. The predicted octanol–water partition coefficient (Wildman–Crippen LogP) is 2.95. The summed E-state index contributed by atoms with van der Waals surface area (Å²) in [6.45, 7) is 3.88. The van der Waals surface area contributed by atoms with Gasteiger partial charge in [-0.3, -0.25) is 0 Å². The van der Waals surface area contributed by atoms with Crippen LogP contribution in [0.4, 0.5) is 0 Å². The average Bonchev–Trinajstić information content (AvgIpc) is 2.37. The lowest BCUT2D eigenvalue weighted by Gasteiger charge is -2.32. The molecule has 1 fully saturated rings. The second-order valence-corrected chi connectivity index (χ2v) is 5.91. The SMILES string of the molecule is Cc1cc(O)cc(C)c1[C@H](N)[C@H](O)C1CCCCC1. The molecule has 1 aliphatic rings. The van der Waals surface area contributed by atoms with Crippen LogP contribution in [0.2, 0.25) is 0 Å². The third-order valence-corrected chi connectivity index (χ3v) is 4.41. The van der Waals surface area contributed by atoms with Gasteiger partial charge in [-0.05, 0) is 61.4 Å². The number of phenols is 1. The number of benzene rings is 1. The highest BCUT2D eigenvalue weighted by atomic mass is 16.3. The van der Waals surface area contributed by atoms with Crippen molar-refractivity contribution < 1.29 is 10.2 Å². The van der Waals surface area contributed by atoms with Crippen LogP contribution in [0, 0.1) is 19.8 Å². The van der Waals surface area contributed by atoms with Crippen molar-refractivity contribution in [3.63, 3.8) is 0 Å². The molecular weight excluding hydrogens is 238 g/mol. The number of hydrogen-bond acceptors (Lipinski definition) is 3. The summed E-state index contributed by atoms with van der Waals surface area (Å²) >= 11 is 0. The third-order valence-electron chi connectivity index (χ3n) is 4.41. The van der Waals surface area contributed by atoms with E-state index >= 15 is 0 Å². The van der Waals surface area contributed by atoms with Gasteiger partial charge in [-0.1, -0.05) is 19.3 Å². The molecule has 0 heterocycles. The number of rotatable bonds is 3. The van der Waals surface area contributed by atoms with Crippen molar-refractivity contribution >= 4 is 0 Å². The second kappa shape index (κ2) is 5.93. The van der Waals surface area contributed by atoms with Crippen LogP contribution in [0.5, 0.6) is 5.75 Å². The number of phenolic OH excluding ortho intramolecular Hbond substituents is 1. The van der Waals surface area contributed by atoms with Gasteiger partial charge in [0.1, 0.15) is 5.75 Å². The summed E-state index contributed by atoms with van der Waals surface area (Å²) < 4.78 is 0. The maximum Gasteiger partial charge on any atom is 0.116 e. The molecule has 0 aliphatic heterocycles. The quantitative estimate of drug-likeness (QED) is 0.785. The minimum Gasteiger partial charge on any atom is -0.508 e. The van der Waals surface area contributed by atoms with Crippen LogP contribution >= 0.6 is 0 Å². The normalized spacial score (nSPS) is 20.2. The molecule has 0 bridgehead atoms. The van der Waals surface area contributed by atoms with Gasteiger partial charge >= 0.3 is 0 Å². The number of aromatic hydroxyl groups is 1. The van der Waals surface area contributed by atoms with Crippen LogP contribution in [0.15, 0.2) is 12.1 Å². The first-order valence-corrected chi connectivity index (χ1v) is 7.24. The van der Waals surface area contributed by atoms with Crippen LogP contribution < -0.4 is 5.73 Å². The minimum absolute atomic E-state index is 0.262. The van der Waals surface area contributed by atoms with Gasteiger partial charge in [-0.15, -0.1) is 0 Å². The Labute approximate surface area is 115 Å². The van der Waals surface area contributed by atoms with Crippen LogP contribution in [0.25, 0.3) is 0 Å². The molecule has 3 heteroatoms. The highest BCUT2D eigenvalue weighted by Gasteiger charge is 2.29. The van der Waals surface area contributed by atoms with Gasteiger partial charge in [0.15, 0.2) is 0 Å². The Hall–Kier alpha value is -1.06. The zero-order valence-electron chi connectivity index (χ0n) is 11.9. The van der Waals surface area contributed by atoms with Gasteiger partial charge in [0, 0.05) is 0 Å². The topological polar surface area (TPSA) is 66.5 Å². The molecule has 2 atom stereocenters. The van der Waals surface area contributed by atoms with Crippen LogP contribution in [-0.4, -0.2) is 16.3 Å². The van der Waals surface area contributed by atoms with Gasteiger partial charge in [0.05, 0.1) is 12.1 Å². The Balaban J connectivity index is 2.20. The molecule has 19 heavy (non-hydrogen) atoms. The summed E-state index contributed by atoms with van der Waals surface area (Å²) in [4.78, 5) is 0. The fourth-order valence-corrected chi connectivity index (χ4v) is 3.42. The molecule has 4 N–H and O–H groups in total. The maximum atomic E-state index is 10.5. The number of hydrogen-bond donors (Lipinski definition) is 3. The lowest BCUT2D eigenvalue weighted by Crippen LogP contribution is -2.35. The molecule has 0 aromatic heterocycles. The Morgan fingerprint density at radius 2 is 1.63 bits per heavy atom. The summed E-state index contributed by atoms with van der Waals surface area (Å²) in [6, 6.07) is 3.08. The summed E-state index contributed by atoms with van der Waals surface area (Å²) in [6.07, 6.45) is 5.33. The van der Waals surface area contributed by atoms with Gasteiger partial charge in [-0.2, -0.15) is 0 Å². The zero-order chi connectivity index (χ0) is 14.0. The van der Waals surface area contributed by atoms with Crippen molar-refractivity contribution in [3.05, 3.63) is 28.8 Å². The van der Waals surface area contributed by atoms with Crippen molar-refractivity contribution in [1.82, 2.24) is 0 Å². The van der Waals surface area contributed by atoms with Crippen molar-refractivity contribution in [2.75, 3.05) is 0 Å². The first-order chi connectivity index (χ1) is 9.00. The number of nitrogens with two attached hydrogens (primary N) is 1. The van der Waals surface area contributed by atoms with Gasteiger partial charge in [0.2, 0.25) is 0 Å². The van der Waals surface area contributed by atoms with Gasteiger partial charge in [-0.25, -0.2) is 0 Å². The fourth-order valence-electron chi connectivity index (χ4n) is 3.42. The molecule has 1 aromatic rings. The molecular formula is C16H25NO2. The molecule has 1 saturated carbocycles. The first kappa shape index (κ1) is 14.4. The summed E-state index contributed by atoms with van der Waals surface area (Å²) in [5.74, 6) is 0.578. The standard InChI is InChI=1S/C16H25NO2/c1-10-8-13(18)9-11(2)14(10)15(17)16(19)12-6-4-3-5-7-12/h8-9,12,15-16,18-19H,3-7,17H2,1-2H3/t15-,16+/m0/s1. The monoisotopic (exact) mass is 263 g/mol. The molecule has 0 radical (unpaired) electrons. The highest BCUT2D eigenvalue weighted by Crippen LogP contribution is 2.34. The molecule has 2 rings (SSSR count). The average molecular weight is 263 g/mol. The van der Waals surface area contributed by atoms with E-state index in [4.69, 9.17) is 5.73 Å². The summed E-state index contributed by atoms with van der Waals surface area (Å²) in [7, 11) is 0. The zero-order valence-corrected chi connectivity index (χ0v) is 11.9. The molecule has 106 valence electrons. The number of aryl methyl sites for hydroxylation is 2. The van der Waals surface area contributed by atoms with E-state index in [0.717, 1.165) is 29.5 Å².